The van der Waals surface area contributed by atoms with Crippen LogP contribution in [0.2, 0.25) is 0 Å². The second-order valence-corrected chi connectivity index (χ2v) is 4.15. The predicted octanol–water partition coefficient (Wildman–Crippen LogP) is 2.22. The minimum atomic E-state index is -0.289. The average Bonchev–Trinajstić information content (AvgIpc) is 2.21. The van der Waals surface area contributed by atoms with Gasteiger partial charge in [0.2, 0.25) is 0 Å². The quantitative estimate of drug-likeness (QED) is 0.576. The van der Waals surface area contributed by atoms with E-state index in [4.69, 9.17) is 0 Å². The molecule has 0 unspecified atom stereocenters. The highest BCUT2D eigenvalue weighted by Crippen LogP contribution is 2.11. The molecule has 15 heavy (non-hydrogen) atoms. The van der Waals surface area contributed by atoms with Gasteiger partial charge in [0, 0.05) is 25.7 Å². The molecule has 0 aliphatic heterocycles. The van der Waals surface area contributed by atoms with Crippen LogP contribution in [-0.2, 0) is 14.4 Å². The lowest BCUT2D eigenvalue weighted by atomic mass is 9.99. The molecule has 0 saturated heterocycles. The van der Waals surface area contributed by atoms with Crippen molar-refractivity contribution < 1.29 is 14.4 Å². The van der Waals surface area contributed by atoms with E-state index in [1.54, 1.807) is 0 Å². The first-order valence-electron chi connectivity index (χ1n) is 5.78. The Bertz CT molecular complexity index is 256. The molecule has 3 nitrogen and oxygen atoms in total. The highest BCUT2D eigenvalue weighted by molar-refractivity contribution is 6.37. The summed E-state index contributed by atoms with van der Waals surface area (Å²) >= 11 is 0. The van der Waals surface area contributed by atoms with Gasteiger partial charge in [-0.05, 0) is 19.3 Å². The first-order chi connectivity index (χ1) is 7.20. The van der Waals surface area contributed by atoms with E-state index < -0.39 is 0 Å². The minimum Gasteiger partial charge on any atom is -0.300 e. The molecule has 0 aromatic rings. The third-order valence-corrected chi connectivity index (χ3v) is 2.78. The Balaban J connectivity index is 2.42. The van der Waals surface area contributed by atoms with E-state index in [0.717, 1.165) is 25.7 Å². The van der Waals surface area contributed by atoms with Crippen molar-refractivity contribution in [1.82, 2.24) is 0 Å². The van der Waals surface area contributed by atoms with Gasteiger partial charge in [-0.25, -0.2) is 0 Å². The molecule has 3 heteroatoms. The molecule has 0 heterocycles. The van der Waals surface area contributed by atoms with Crippen LogP contribution in [0.5, 0.6) is 0 Å². The summed E-state index contributed by atoms with van der Waals surface area (Å²) in [6.45, 7) is 0. The summed E-state index contributed by atoms with van der Waals surface area (Å²) < 4.78 is 0. The van der Waals surface area contributed by atoms with E-state index >= 15 is 0 Å². The fourth-order valence-corrected chi connectivity index (χ4v) is 1.81. The maximum absolute atomic E-state index is 11.3. The van der Waals surface area contributed by atoms with Crippen LogP contribution in [0.25, 0.3) is 0 Å². The van der Waals surface area contributed by atoms with E-state index in [2.05, 4.69) is 0 Å². The Morgan fingerprint density at radius 1 is 0.533 bits per heavy atom. The Kier molecular flexibility index (Phi) is 5.22. The van der Waals surface area contributed by atoms with Gasteiger partial charge in [-0.2, -0.15) is 0 Å². The van der Waals surface area contributed by atoms with Gasteiger partial charge in [-0.3, -0.25) is 14.4 Å². The number of carbonyl (C=O) groups is 3. The molecule has 1 saturated carbocycles. The molecule has 0 aromatic heterocycles. The molecule has 0 N–H and O–H groups in total. The SMILES string of the molecule is O=C1CCCCCCC(=O)C(=O)CCC1. The van der Waals surface area contributed by atoms with Gasteiger partial charge in [0.15, 0.2) is 11.6 Å². The molecule has 0 amide bonds. The second-order valence-electron chi connectivity index (χ2n) is 4.15. The number of hydrogen-bond acceptors (Lipinski definition) is 3. The third kappa shape index (κ3) is 4.86. The summed E-state index contributed by atoms with van der Waals surface area (Å²) in [4.78, 5) is 33.8. The van der Waals surface area contributed by atoms with Gasteiger partial charge in [-0.1, -0.05) is 12.8 Å². The lowest BCUT2D eigenvalue weighted by Gasteiger charge is -2.04. The Morgan fingerprint density at radius 2 is 1.00 bits per heavy atom. The van der Waals surface area contributed by atoms with Crippen LogP contribution in [0.3, 0.4) is 0 Å². The highest BCUT2D eigenvalue weighted by atomic mass is 16.2. The fourth-order valence-electron chi connectivity index (χ4n) is 1.81. The molecule has 0 bridgehead atoms. The molecule has 1 fully saturated rings. The Hall–Kier alpha value is -0.990. The highest BCUT2D eigenvalue weighted by Gasteiger charge is 2.14. The monoisotopic (exact) mass is 210 g/mol. The number of rotatable bonds is 0. The van der Waals surface area contributed by atoms with E-state index in [9.17, 15) is 14.4 Å². The fraction of sp³-hybridized carbons (Fsp3) is 0.750. The third-order valence-electron chi connectivity index (χ3n) is 2.78. The van der Waals surface area contributed by atoms with E-state index in [1.807, 2.05) is 0 Å². The summed E-state index contributed by atoms with van der Waals surface area (Å²) in [5.74, 6) is -0.304. The molecule has 1 aliphatic carbocycles. The molecule has 1 rings (SSSR count). The Labute approximate surface area is 90.2 Å². The van der Waals surface area contributed by atoms with Crippen LogP contribution in [0.4, 0.5) is 0 Å². The van der Waals surface area contributed by atoms with Crippen molar-refractivity contribution in [3.63, 3.8) is 0 Å². The van der Waals surface area contributed by atoms with Crippen LogP contribution < -0.4 is 0 Å². The summed E-state index contributed by atoms with van der Waals surface area (Å²) in [6, 6.07) is 0. The average molecular weight is 210 g/mol. The van der Waals surface area contributed by atoms with Crippen LogP contribution in [0.15, 0.2) is 0 Å². The maximum atomic E-state index is 11.3. The largest absolute Gasteiger partial charge is 0.300 e. The van der Waals surface area contributed by atoms with Gasteiger partial charge in [-0.15, -0.1) is 0 Å². The van der Waals surface area contributed by atoms with Crippen molar-refractivity contribution in [1.29, 1.82) is 0 Å². The zero-order valence-electron chi connectivity index (χ0n) is 9.09. The summed E-state index contributed by atoms with van der Waals surface area (Å²) in [5.41, 5.74) is 0. The van der Waals surface area contributed by atoms with Crippen LogP contribution in [-0.4, -0.2) is 17.3 Å². The van der Waals surface area contributed by atoms with Crippen molar-refractivity contribution in [3.8, 4) is 0 Å². The molecule has 0 aromatic carbocycles. The standard InChI is InChI=1S/C12H18O3/c13-10-6-3-1-2-4-8-11(14)12(15)9-5-7-10/h1-9H2. The van der Waals surface area contributed by atoms with Gasteiger partial charge in [0.05, 0.1) is 0 Å². The van der Waals surface area contributed by atoms with E-state index in [0.29, 0.717) is 25.7 Å². The van der Waals surface area contributed by atoms with Gasteiger partial charge >= 0.3 is 0 Å². The van der Waals surface area contributed by atoms with Crippen molar-refractivity contribution in [2.24, 2.45) is 0 Å². The van der Waals surface area contributed by atoms with Gasteiger partial charge in [0.25, 0.3) is 0 Å². The van der Waals surface area contributed by atoms with Crippen molar-refractivity contribution >= 4 is 17.3 Å². The van der Waals surface area contributed by atoms with Crippen molar-refractivity contribution in [2.45, 2.75) is 57.8 Å². The van der Waals surface area contributed by atoms with Crippen LogP contribution in [0.1, 0.15) is 57.8 Å². The van der Waals surface area contributed by atoms with E-state index in [1.165, 1.54) is 0 Å². The van der Waals surface area contributed by atoms with Crippen LogP contribution in [0, 0.1) is 0 Å². The Morgan fingerprint density at radius 3 is 1.67 bits per heavy atom. The topological polar surface area (TPSA) is 51.2 Å². The molecule has 0 radical (unpaired) electrons. The molecule has 1 aliphatic rings. The lowest BCUT2D eigenvalue weighted by Crippen LogP contribution is -2.14. The molecular weight excluding hydrogens is 192 g/mol. The van der Waals surface area contributed by atoms with Gasteiger partial charge < -0.3 is 0 Å². The number of ketones is 3. The first-order valence-corrected chi connectivity index (χ1v) is 5.78. The van der Waals surface area contributed by atoms with Gasteiger partial charge in [0.1, 0.15) is 5.78 Å². The summed E-state index contributed by atoms with van der Waals surface area (Å²) in [6.07, 6.45) is 5.96. The smallest absolute Gasteiger partial charge is 0.198 e. The second kappa shape index (κ2) is 6.49. The predicted molar refractivity (Wildman–Crippen MR) is 56.6 cm³/mol. The normalized spacial score (nSPS) is 22.0. The minimum absolute atomic E-state index is 0.232. The maximum Gasteiger partial charge on any atom is 0.198 e. The first kappa shape index (κ1) is 12.1. The zero-order chi connectivity index (χ0) is 11.1. The molecule has 0 atom stereocenters. The van der Waals surface area contributed by atoms with Crippen LogP contribution >= 0.6 is 0 Å². The summed E-state index contributed by atoms with van der Waals surface area (Å²) in [7, 11) is 0. The number of Topliss-reactive ketones (excluding diaryl/α,β-unsaturated/α-hetero) is 3. The van der Waals surface area contributed by atoms with E-state index in [-0.39, 0.29) is 23.8 Å². The molecular formula is C12H18O3. The lowest BCUT2D eigenvalue weighted by molar-refractivity contribution is -0.136. The molecule has 84 valence electrons. The van der Waals surface area contributed by atoms with Crippen molar-refractivity contribution in [2.75, 3.05) is 0 Å². The summed E-state index contributed by atoms with van der Waals surface area (Å²) in [5, 5.41) is 0. The zero-order valence-corrected chi connectivity index (χ0v) is 9.09. The number of carbonyl (C=O) groups excluding carboxylic acids is 3. The van der Waals surface area contributed by atoms with Crippen molar-refractivity contribution in [3.05, 3.63) is 0 Å². The molecule has 0 spiro atoms. The number of hydrogen-bond donors (Lipinski definition) is 0.